The van der Waals surface area contributed by atoms with E-state index in [4.69, 9.17) is 9.72 Å². The van der Waals surface area contributed by atoms with Gasteiger partial charge in [-0.05, 0) is 30.2 Å². The fraction of sp³-hybridized carbons (Fsp3) is 0.353. The van der Waals surface area contributed by atoms with Crippen molar-refractivity contribution < 1.29 is 9.53 Å². The van der Waals surface area contributed by atoms with Gasteiger partial charge in [0.15, 0.2) is 11.5 Å². The van der Waals surface area contributed by atoms with E-state index in [0.717, 1.165) is 34.2 Å². The number of methoxy groups -OCH3 is 1. The van der Waals surface area contributed by atoms with Crippen LogP contribution in [0.25, 0.3) is 21.9 Å². The quantitative estimate of drug-likeness (QED) is 0.803. The van der Waals surface area contributed by atoms with Gasteiger partial charge in [0.05, 0.1) is 18.0 Å². The molecule has 0 spiro atoms. The highest BCUT2D eigenvalue weighted by Crippen LogP contribution is 2.28. The van der Waals surface area contributed by atoms with Gasteiger partial charge in [-0.3, -0.25) is 4.79 Å². The number of rotatable bonds is 4. The molecule has 2 aromatic heterocycles. The lowest BCUT2D eigenvalue weighted by atomic mass is 10.1. The van der Waals surface area contributed by atoms with Crippen LogP contribution < -0.4 is 10.1 Å². The molecular formula is C17H20N4O2. The number of fused-ring (bicyclic) bond motifs is 2. The molecule has 0 fully saturated rings. The number of amides is 1. The minimum Gasteiger partial charge on any atom is -0.497 e. The Hall–Kier alpha value is -2.63. The van der Waals surface area contributed by atoms with Gasteiger partial charge in [-0.25, -0.2) is 9.67 Å². The molecule has 0 unspecified atom stereocenters. The van der Waals surface area contributed by atoms with E-state index in [9.17, 15) is 4.79 Å². The first-order valence-corrected chi connectivity index (χ1v) is 7.61. The van der Waals surface area contributed by atoms with E-state index in [1.165, 1.54) is 6.92 Å². The largest absolute Gasteiger partial charge is 0.497 e. The summed E-state index contributed by atoms with van der Waals surface area (Å²) in [5.74, 6) is 1.60. The lowest BCUT2D eigenvalue weighted by Gasteiger charge is -2.06. The lowest BCUT2D eigenvalue weighted by molar-refractivity contribution is -0.114. The molecule has 120 valence electrons. The number of benzene rings is 1. The molecule has 23 heavy (non-hydrogen) atoms. The summed E-state index contributed by atoms with van der Waals surface area (Å²) in [4.78, 5) is 16.2. The maximum Gasteiger partial charge on any atom is 0.222 e. The van der Waals surface area contributed by atoms with Gasteiger partial charge in [0.1, 0.15) is 5.75 Å². The van der Waals surface area contributed by atoms with E-state index in [1.54, 1.807) is 7.11 Å². The van der Waals surface area contributed by atoms with Gasteiger partial charge in [0.25, 0.3) is 0 Å². The number of pyridine rings is 1. The van der Waals surface area contributed by atoms with Crippen molar-refractivity contribution in [1.82, 2.24) is 14.8 Å². The predicted octanol–water partition coefficient (Wildman–Crippen LogP) is 3.21. The van der Waals surface area contributed by atoms with Gasteiger partial charge in [0, 0.05) is 18.9 Å². The van der Waals surface area contributed by atoms with Crippen LogP contribution in [0.15, 0.2) is 24.3 Å². The third kappa shape index (κ3) is 2.97. The zero-order valence-corrected chi connectivity index (χ0v) is 13.8. The topological polar surface area (TPSA) is 69.0 Å². The Balaban J connectivity index is 2.25. The summed E-state index contributed by atoms with van der Waals surface area (Å²) in [6.45, 7) is 6.46. The van der Waals surface area contributed by atoms with E-state index in [1.807, 2.05) is 28.9 Å². The molecule has 3 aromatic rings. The Morgan fingerprint density at radius 3 is 2.78 bits per heavy atom. The highest BCUT2D eigenvalue weighted by molar-refractivity contribution is 6.02. The molecule has 0 atom stereocenters. The average molecular weight is 312 g/mol. The van der Waals surface area contributed by atoms with Crippen molar-refractivity contribution in [1.29, 1.82) is 0 Å². The van der Waals surface area contributed by atoms with Gasteiger partial charge in [-0.15, -0.1) is 0 Å². The zero-order chi connectivity index (χ0) is 16.6. The maximum atomic E-state index is 11.5. The SMILES string of the molecule is COc1ccc2nc3c(cc2c1)c(NC(C)=O)nn3CC(C)C. The van der Waals surface area contributed by atoms with E-state index in [-0.39, 0.29) is 5.91 Å². The summed E-state index contributed by atoms with van der Waals surface area (Å²) in [5.41, 5.74) is 1.65. The molecule has 1 N–H and O–H groups in total. The number of hydrogen-bond acceptors (Lipinski definition) is 4. The van der Waals surface area contributed by atoms with E-state index in [0.29, 0.717) is 11.7 Å². The summed E-state index contributed by atoms with van der Waals surface area (Å²) in [5, 5.41) is 9.11. The van der Waals surface area contributed by atoms with Crippen LogP contribution in [0.5, 0.6) is 5.75 Å². The second-order valence-electron chi connectivity index (χ2n) is 6.02. The van der Waals surface area contributed by atoms with Crippen molar-refractivity contribution in [3.63, 3.8) is 0 Å². The summed E-state index contributed by atoms with van der Waals surface area (Å²) in [7, 11) is 1.64. The normalized spacial score (nSPS) is 11.3. The molecule has 3 rings (SSSR count). The van der Waals surface area contributed by atoms with Crippen LogP contribution in [-0.2, 0) is 11.3 Å². The molecule has 6 nitrogen and oxygen atoms in total. The van der Waals surface area contributed by atoms with Crippen LogP contribution in [0.1, 0.15) is 20.8 Å². The van der Waals surface area contributed by atoms with Gasteiger partial charge < -0.3 is 10.1 Å². The Morgan fingerprint density at radius 2 is 2.13 bits per heavy atom. The Kier molecular flexibility index (Phi) is 3.90. The van der Waals surface area contributed by atoms with Crippen molar-refractivity contribution in [3.05, 3.63) is 24.3 Å². The van der Waals surface area contributed by atoms with Crippen LogP contribution in [0.4, 0.5) is 5.82 Å². The summed E-state index contributed by atoms with van der Waals surface area (Å²) >= 11 is 0. The fourth-order valence-electron chi connectivity index (χ4n) is 2.60. The number of hydrogen-bond donors (Lipinski definition) is 1. The van der Waals surface area contributed by atoms with Crippen molar-refractivity contribution >= 4 is 33.7 Å². The summed E-state index contributed by atoms with van der Waals surface area (Å²) in [6, 6.07) is 7.74. The summed E-state index contributed by atoms with van der Waals surface area (Å²) in [6.07, 6.45) is 0. The first-order chi connectivity index (χ1) is 11.0. The molecule has 2 heterocycles. The molecule has 0 saturated carbocycles. The number of carbonyl (C=O) groups excluding carboxylic acids is 1. The average Bonchev–Trinajstić information content (AvgIpc) is 2.80. The second kappa shape index (κ2) is 5.87. The maximum absolute atomic E-state index is 11.5. The summed E-state index contributed by atoms with van der Waals surface area (Å²) < 4.78 is 7.12. The first-order valence-electron chi connectivity index (χ1n) is 7.61. The predicted molar refractivity (Wildman–Crippen MR) is 90.7 cm³/mol. The molecule has 0 bridgehead atoms. The smallest absolute Gasteiger partial charge is 0.222 e. The number of anilines is 1. The lowest BCUT2D eigenvalue weighted by Crippen LogP contribution is -2.09. The van der Waals surface area contributed by atoms with Crippen LogP contribution in [0, 0.1) is 5.92 Å². The molecule has 0 aliphatic heterocycles. The monoisotopic (exact) mass is 312 g/mol. The Bertz CT molecular complexity index is 883. The van der Waals surface area contributed by atoms with Crippen LogP contribution in [-0.4, -0.2) is 27.8 Å². The van der Waals surface area contributed by atoms with E-state index < -0.39 is 0 Å². The Labute approximate surface area is 134 Å². The zero-order valence-electron chi connectivity index (χ0n) is 13.8. The number of nitrogens with zero attached hydrogens (tertiary/aromatic N) is 3. The van der Waals surface area contributed by atoms with Gasteiger partial charge >= 0.3 is 0 Å². The first kappa shape index (κ1) is 15.3. The molecule has 0 aliphatic rings. The van der Waals surface area contributed by atoms with E-state index in [2.05, 4.69) is 24.3 Å². The second-order valence-corrected chi connectivity index (χ2v) is 6.02. The molecule has 6 heteroatoms. The highest BCUT2D eigenvalue weighted by Gasteiger charge is 2.15. The number of aromatic nitrogens is 3. The van der Waals surface area contributed by atoms with Crippen LogP contribution in [0.3, 0.4) is 0 Å². The van der Waals surface area contributed by atoms with Crippen molar-refractivity contribution in [2.45, 2.75) is 27.3 Å². The minimum atomic E-state index is -0.146. The third-order valence-corrected chi connectivity index (χ3v) is 3.55. The number of ether oxygens (including phenoxy) is 1. The molecule has 0 radical (unpaired) electrons. The number of nitrogens with one attached hydrogen (secondary N) is 1. The molecule has 0 aliphatic carbocycles. The van der Waals surface area contributed by atoms with Gasteiger partial charge in [-0.1, -0.05) is 13.8 Å². The van der Waals surface area contributed by atoms with Crippen LogP contribution in [0.2, 0.25) is 0 Å². The Morgan fingerprint density at radius 1 is 1.35 bits per heavy atom. The van der Waals surface area contributed by atoms with Crippen molar-refractivity contribution in [2.75, 3.05) is 12.4 Å². The molecule has 1 aromatic carbocycles. The van der Waals surface area contributed by atoms with Gasteiger partial charge in [0.2, 0.25) is 5.91 Å². The molecular weight excluding hydrogens is 292 g/mol. The molecule has 1 amide bonds. The highest BCUT2D eigenvalue weighted by atomic mass is 16.5. The van der Waals surface area contributed by atoms with Gasteiger partial charge in [-0.2, -0.15) is 5.10 Å². The standard InChI is InChI=1S/C17H20N4O2/c1-10(2)9-21-17-14(16(20-21)18-11(3)22)8-12-7-13(23-4)5-6-15(12)19-17/h5-8,10H,9H2,1-4H3,(H,18,20,22). The number of carbonyl (C=O) groups is 1. The molecule has 0 saturated heterocycles. The third-order valence-electron chi connectivity index (χ3n) is 3.55. The minimum absolute atomic E-state index is 0.146. The van der Waals surface area contributed by atoms with Crippen molar-refractivity contribution in [2.24, 2.45) is 5.92 Å². The fourth-order valence-corrected chi connectivity index (χ4v) is 2.60. The van der Waals surface area contributed by atoms with Crippen molar-refractivity contribution in [3.8, 4) is 5.75 Å². The van der Waals surface area contributed by atoms with Crippen LogP contribution >= 0.6 is 0 Å². The van der Waals surface area contributed by atoms with E-state index >= 15 is 0 Å².